The normalized spacial score (nSPS) is 37.5. The molecule has 12 heavy (non-hydrogen) atoms. The van der Waals surface area contributed by atoms with Crippen LogP contribution in [0.5, 0.6) is 0 Å². The molecule has 0 aromatic heterocycles. The first-order valence-corrected chi connectivity index (χ1v) is 4.28. The van der Waals surface area contributed by atoms with Crippen LogP contribution in [-0.2, 0) is 4.74 Å². The van der Waals surface area contributed by atoms with Crippen molar-refractivity contribution in [2.45, 2.75) is 25.4 Å². The lowest BCUT2D eigenvalue weighted by atomic mass is 9.98. The number of hydrogen-bond donors (Lipinski definition) is 0. The largest absolute Gasteiger partial charge is 0.453 e. The molecule has 2 rings (SSSR count). The topological polar surface area (TPSA) is 29.3 Å². The van der Waals surface area contributed by atoms with Gasteiger partial charge in [0.25, 0.3) is 0 Å². The maximum atomic E-state index is 11.2. The Hall–Kier alpha value is -0.990. The van der Waals surface area contributed by atoms with Crippen molar-refractivity contribution in [3.05, 3.63) is 12.2 Å². The van der Waals surface area contributed by atoms with Gasteiger partial charge in [0.15, 0.2) is 0 Å². The second kappa shape index (κ2) is 2.51. The van der Waals surface area contributed by atoms with Crippen molar-refractivity contribution in [1.29, 1.82) is 0 Å². The van der Waals surface area contributed by atoms with E-state index in [2.05, 4.69) is 23.8 Å². The molecule has 0 spiro atoms. The SMILES string of the molecule is COC(=O)N1[C@H]2[C@H]1CC=C[C@@H]2C. The summed E-state index contributed by atoms with van der Waals surface area (Å²) in [6, 6.07) is 0.819. The molecule has 0 bridgehead atoms. The monoisotopic (exact) mass is 167 g/mol. The molecule has 66 valence electrons. The standard InChI is InChI=1S/C9H13NO2/c1-6-4-3-5-7-8(6)10(7)9(11)12-2/h3-4,6-8H,5H2,1-2H3/t6-,7+,8+,10?/m0/s1. The van der Waals surface area contributed by atoms with Gasteiger partial charge < -0.3 is 4.74 Å². The summed E-state index contributed by atoms with van der Waals surface area (Å²) in [4.78, 5) is 13.0. The van der Waals surface area contributed by atoms with E-state index in [-0.39, 0.29) is 6.09 Å². The summed E-state index contributed by atoms with van der Waals surface area (Å²) in [5.74, 6) is 0.489. The van der Waals surface area contributed by atoms with Gasteiger partial charge in [-0.15, -0.1) is 0 Å². The maximum Gasteiger partial charge on any atom is 0.410 e. The summed E-state index contributed by atoms with van der Waals surface area (Å²) >= 11 is 0. The number of ether oxygens (including phenoxy) is 1. The molecule has 0 aromatic rings. The van der Waals surface area contributed by atoms with Crippen molar-refractivity contribution in [2.24, 2.45) is 5.92 Å². The van der Waals surface area contributed by atoms with Gasteiger partial charge in [-0.3, -0.25) is 4.90 Å². The second-order valence-corrected chi connectivity index (χ2v) is 3.46. The summed E-state index contributed by atoms with van der Waals surface area (Å²) in [5.41, 5.74) is 0. The van der Waals surface area contributed by atoms with Gasteiger partial charge in [-0.05, 0) is 12.3 Å². The summed E-state index contributed by atoms with van der Waals surface area (Å²) < 4.78 is 4.67. The molecule has 3 heteroatoms. The molecule has 1 fully saturated rings. The molecule has 1 aliphatic heterocycles. The van der Waals surface area contributed by atoms with Gasteiger partial charge in [0.05, 0.1) is 19.2 Å². The summed E-state index contributed by atoms with van der Waals surface area (Å²) in [7, 11) is 1.44. The molecule has 3 atom stereocenters. The van der Waals surface area contributed by atoms with Crippen LogP contribution in [0.3, 0.4) is 0 Å². The number of fused-ring (bicyclic) bond motifs is 1. The fourth-order valence-corrected chi connectivity index (χ4v) is 2.07. The number of methoxy groups -OCH3 is 1. The minimum absolute atomic E-state index is 0.180. The summed E-state index contributed by atoms with van der Waals surface area (Å²) in [6.45, 7) is 2.14. The lowest BCUT2D eigenvalue weighted by molar-refractivity contribution is 0.149. The number of nitrogens with zero attached hydrogens (tertiary/aromatic N) is 1. The lowest BCUT2D eigenvalue weighted by Crippen LogP contribution is -2.16. The fourth-order valence-electron chi connectivity index (χ4n) is 2.07. The first kappa shape index (κ1) is 7.65. The third-order valence-electron chi connectivity index (χ3n) is 2.72. The van der Waals surface area contributed by atoms with Crippen LogP contribution in [0, 0.1) is 5.92 Å². The molecule has 1 amide bonds. The van der Waals surface area contributed by atoms with Gasteiger partial charge in [-0.2, -0.15) is 0 Å². The van der Waals surface area contributed by atoms with E-state index in [1.807, 2.05) is 4.90 Å². The van der Waals surface area contributed by atoms with Crippen LogP contribution < -0.4 is 0 Å². The first-order valence-electron chi connectivity index (χ1n) is 4.28. The van der Waals surface area contributed by atoms with E-state index in [9.17, 15) is 4.79 Å². The maximum absolute atomic E-state index is 11.2. The van der Waals surface area contributed by atoms with Crippen LogP contribution in [0.25, 0.3) is 0 Å². The Morgan fingerprint density at radius 1 is 1.67 bits per heavy atom. The van der Waals surface area contributed by atoms with Crippen LogP contribution in [-0.4, -0.2) is 30.2 Å². The van der Waals surface area contributed by atoms with Crippen LogP contribution in [0.4, 0.5) is 4.79 Å². The van der Waals surface area contributed by atoms with Gasteiger partial charge in [0.2, 0.25) is 0 Å². The van der Waals surface area contributed by atoms with Gasteiger partial charge in [-0.25, -0.2) is 4.79 Å². The highest BCUT2D eigenvalue weighted by molar-refractivity contribution is 5.72. The Balaban J connectivity index is 2.05. The number of rotatable bonds is 0. The van der Waals surface area contributed by atoms with E-state index in [0.717, 1.165) is 6.42 Å². The smallest absolute Gasteiger partial charge is 0.410 e. The van der Waals surface area contributed by atoms with Crippen molar-refractivity contribution < 1.29 is 9.53 Å². The third kappa shape index (κ3) is 0.924. The molecule has 0 N–H and O–H groups in total. The first-order chi connectivity index (χ1) is 5.75. The Labute approximate surface area is 72.0 Å². The lowest BCUT2D eigenvalue weighted by Gasteiger charge is -2.06. The predicted molar refractivity (Wildman–Crippen MR) is 44.7 cm³/mol. The average molecular weight is 167 g/mol. The molecular weight excluding hydrogens is 154 g/mol. The van der Waals surface area contributed by atoms with Gasteiger partial charge in [0, 0.05) is 0 Å². The second-order valence-electron chi connectivity index (χ2n) is 3.46. The van der Waals surface area contributed by atoms with Crippen molar-refractivity contribution in [2.75, 3.05) is 7.11 Å². The Morgan fingerprint density at radius 2 is 2.42 bits per heavy atom. The minimum Gasteiger partial charge on any atom is -0.453 e. The molecule has 1 aliphatic carbocycles. The highest BCUT2D eigenvalue weighted by Crippen LogP contribution is 2.40. The van der Waals surface area contributed by atoms with E-state index in [1.165, 1.54) is 7.11 Å². The number of hydrogen-bond acceptors (Lipinski definition) is 2. The zero-order valence-corrected chi connectivity index (χ0v) is 7.36. The molecule has 2 aliphatic rings. The third-order valence-corrected chi connectivity index (χ3v) is 2.72. The van der Waals surface area contributed by atoms with E-state index < -0.39 is 0 Å². The summed E-state index contributed by atoms with van der Waals surface area (Å²) in [5, 5.41) is 0. The van der Waals surface area contributed by atoms with Crippen molar-refractivity contribution in [3.63, 3.8) is 0 Å². The molecule has 1 saturated heterocycles. The highest BCUT2D eigenvalue weighted by atomic mass is 16.5. The Bertz CT molecular complexity index is 237. The molecule has 1 heterocycles. The van der Waals surface area contributed by atoms with Crippen molar-refractivity contribution >= 4 is 6.09 Å². The molecular formula is C9H13NO2. The summed E-state index contributed by atoms with van der Waals surface area (Å²) in [6.07, 6.45) is 5.13. The predicted octanol–water partition coefficient (Wildman–Crippen LogP) is 1.40. The van der Waals surface area contributed by atoms with Crippen LogP contribution in [0.1, 0.15) is 13.3 Å². The van der Waals surface area contributed by atoms with Gasteiger partial charge >= 0.3 is 6.09 Å². The molecule has 0 saturated carbocycles. The molecule has 0 unspecified atom stereocenters. The van der Waals surface area contributed by atoms with E-state index in [0.29, 0.717) is 18.0 Å². The van der Waals surface area contributed by atoms with Crippen LogP contribution >= 0.6 is 0 Å². The number of amides is 1. The van der Waals surface area contributed by atoms with Crippen molar-refractivity contribution in [3.8, 4) is 0 Å². The average Bonchev–Trinajstić information content (AvgIpc) is 2.79. The number of carbonyl (C=O) groups is 1. The zero-order chi connectivity index (χ0) is 8.72. The van der Waals surface area contributed by atoms with E-state index >= 15 is 0 Å². The van der Waals surface area contributed by atoms with Crippen LogP contribution in [0.2, 0.25) is 0 Å². The molecule has 0 radical (unpaired) electrons. The highest BCUT2D eigenvalue weighted by Gasteiger charge is 2.54. The van der Waals surface area contributed by atoms with Crippen LogP contribution in [0.15, 0.2) is 12.2 Å². The van der Waals surface area contributed by atoms with Gasteiger partial charge in [-0.1, -0.05) is 19.1 Å². The van der Waals surface area contributed by atoms with Gasteiger partial charge in [0.1, 0.15) is 0 Å². The minimum atomic E-state index is -0.180. The quantitative estimate of drug-likeness (QED) is 0.403. The Morgan fingerprint density at radius 3 is 3.00 bits per heavy atom. The number of carbonyl (C=O) groups excluding carboxylic acids is 1. The van der Waals surface area contributed by atoms with E-state index in [4.69, 9.17) is 0 Å². The zero-order valence-electron chi connectivity index (χ0n) is 7.36. The Kier molecular flexibility index (Phi) is 1.60. The van der Waals surface area contributed by atoms with E-state index in [1.54, 1.807) is 0 Å². The van der Waals surface area contributed by atoms with Crippen molar-refractivity contribution in [1.82, 2.24) is 4.90 Å². The molecule has 0 aromatic carbocycles. The molecule has 3 nitrogen and oxygen atoms in total. The fraction of sp³-hybridized carbons (Fsp3) is 0.667.